The fraction of sp³-hybridized carbons (Fsp3) is 0.333. The van der Waals surface area contributed by atoms with E-state index >= 15 is 0 Å². The van der Waals surface area contributed by atoms with Gasteiger partial charge in [0.1, 0.15) is 0 Å². The van der Waals surface area contributed by atoms with Gasteiger partial charge in [0.05, 0.1) is 0 Å². The predicted octanol–water partition coefficient (Wildman–Crippen LogP) is 1.97. The summed E-state index contributed by atoms with van der Waals surface area (Å²) in [4.78, 5) is 2.48. The van der Waals surface area contributed by atoms with Crippen LogP contribution in [0.4, 0.5) is 0 Å². The Morgan fingerprint density at radius 1 is 1.29 bits per heavy atom. The van der Waals surface area contributed by atoms with Crippen LogP contribution in [0.5, 0.6) is 0 Å². The molecule has 2 heteroatoms. The molecular weight excluding hydrogens is 237 g/mol. The summed E-state index contributed by atoms with van der Waals surface area (Å²) in [6, 6.07) is 8.89. The van der Waals surface area contributed by atoms with Gasteiger partial charge < -0.3 is 0 Å². The first-order valence-electron chi connectivity index (χ1n) is 5.12. The minimum atomic E-state index is 0.592. The Kier molecular flexibility index (Phi) is 2.21. The molecule has 72 valence electrons. The average molecular weight is 250 g/mol. The molecule has 0 aliphatic carbocycles. The number of hydrogen-bond donors (Lipinski definition) is 1. The van der Waals surface area contributed by atoms with Crippen molar-refractivity contribution >= 4 is 24.1 Å². The van der Waals surface area contributed by atoms with Crippen LogP contribution >= 0.6 is 0 Å². The molecule has 0 bridgehead atoms. The summed E-state index contributed by atoms with van der Waals surface area (Å²) < 4.78 is 1.57. The van der Waals surface area contributed by atoms with E-state index < -0.39 is 0 Å². The zero-order chi connectivity index (χ0) is 9.38. The second-order valence-corrected chi connectivity index (χ2v) is 5.79. The SMILES string of the molecule is c1ccc2c([C@H]3CCNC3)c[se]c2c1. The molecule has 1 aliphatic heterocycles. The van der Waals surface area contributed by atoms with Gasteiger partial charge in [0.15, 0.2) is 0 Å². The van der Waals surface area contributed by atoms with Crippen molar-refractivity contribution in [1.29, 1.82) is 0 Å². The van der Waals surface area contributed by atoms with Gasteiger partial charge in [0, 0.05) is 0 Å². The fourth-order valence-corrected chi connectivity index (χ4v) is 4.42. The predicted molar refractivity (Wildman–Crippen MR) is 61.1 cm³/mol. The Balaban J connectivity index is 2.11. The molecule has 1 fully saturated rings. The Bertz CT molecular complexity index is 440. The van der Waals surface area contributed by atoms with E-state index in [4.69, 9.17) is 0 Å². The summed E-state index contributed by atoms with van der Waals surface area (Å²) in [5, 5.41) is 4.98. The number of nitrogens with one attached hydrogen (secondary N) is 1. The molecule has 14 heavy (non-hydrogen) atoms. The van der Waals surface area contributed by atoms with Crippen LogP contribution in [0.2, 0.25) is 0 Å². The molecule has 1 nitrogen and oxygen atoms in total. The van der Waals surface area contributed by atoms with E-state index in [2.05, 4.69) is 34.5 Å². The fourth-order valence-electron chi connectivity index (χ4n) is 2.23. The number of hydrogen-bond acceptors (Lipinski definition) is 1. The van der Waals surface area contributed by atoms with Gasteiger partial charge in [-0.2, -0.15) is 0 Å². The van der Waals surface area contributed by atoms with Crippen molar-refractivity contribution in [3.05, 3.63) is 34.8 Å². The van der Waals surface area contributed by atoms with Gasteiger partial charge in [-0.1, -0.05) is 0 Å². The molecule has 0 spiro atoms. The Morgan fingerprint density at radius 3 is 3.07 bits per heavy atom. The van der Waals surface area contributed by atoms with E-state index in [0.717, 1.165) is 5.92 Å². The molecule has 1 aromatic carbocycles. The first kappa shape index (κ1) is 8.72. The van der Waals surface area contributed by atoms with Crippen molar-refractivity contribution in [2.24, 2.45) is 0 Å². The Hall–Kier alpha value is -0.561. The van der Waals surface area contributed by atoms with Gasteiger partial charge in [-0.05, 0) is 0 Å². The van der Waals surface area contributed by atoms with Gasteiger partial charge in [0.25, 0.3) is 0 Å². The van der Waals surface area contributed by atoms with Crippen LogP contribution in [0, 0.1) is 0 Å². The topological polar surface area (TPSA) is 12.0 Å². The quantitative estimate of drug-likeness (QED) is 0.763. The Morgan fingerprint density at radius 2 is 2.21 bits per heavy atom. The molecule has 1 saturated heterocycles. The molecule has 2 heterocycles. The third-order valence-corrected chi connectivity index (χ3v) is 5.07. The molecule has 0 unspecified atom stereocenters. The second kappa shape index (κ2) is 3.54. The van der Waals surface area contributed by atoms with Gasteiger partial charge in [-0.3, -0.25) is 0 Å². The normalized spacial score (nSPS) is 21.9. The monoisotopic (exact) mass is 251 g/mol. The summed E-state index contributed by atoms with van der Waals surface area (Å²) in [6.07, 6.45) is 1.32. The van der Waals surface area contributed by atoms with Crippen molar-refractivity contribution < 1.29 is 0 Å². The number of rotatable bonds is 1. The first-order valence-corrected chi connectivity index (χ1v) is 6.96. The van der Waals surface area contributed by atoms with Gasteiger partial charge in [-0.25, -0.2) is 0 Å². The van der Waals surface area contributed by atoms with Crippen molar-refractivity contribution in [3.8, 4) is 0 Å². The maximum atomic E-state index is 3.45. The summed E-state index contributed by atoms with van der Waals surface area (Å²) >= 11 is 0.592. The van der Waals surface area contributed by atoms with Crippen molar-refractivity contribution in [1.82, 2.24) is 5.32 Å². The van der Waals surface area contributed by atoms with E-state index in [1.54, 1.807) is 9.82 Å². The maximum absolute atomic E-state index is 3.45. The first-order chi connectivity index (χ1) is 6.95. The molecule has 0 radical (unpaired) electrons. The van der Waals surface area contributed by atoms with E-state index in [0.29, 0.717) is 14.5 Å². The van der Waals surface area contributed by atoms with E-state index in [-0.39, 0.29) is 0 Å². The average Bonchev–Trinajstić information content (AvgIpc) is 2.85. The minimum absolute atomic E-state index is 0.592. The van der Waals surface area contributed by atoms with Crippen LogP contribution in [0.1, 0.15) is 17.9 Å². The van der Waals surface area contributed by atoms with E-state index in [1.165, 1.54) is 24.9 Å². The molecule has 0 saturated carbocycles. The van der Waals surface area contributed by atoms with E-state index in [9.17, 15) is 0 Å². The van der Waals surface area contributed by atoms with Crippen molar-refractivity contribution in [3.63, 3.8) is 0 Å². The third kappa shape index (κ3) is 1.35. The molecule has 1 aliphatic rings. The zero-order valence-electron chi connectivity index (χ0n) is 7.99. The number of benzene rings is 1. The van der Waals surface area contributed by atoms with Gasteiger partial charge in [0.2, 0.25) is 0 Å². The summed E-state index contributed by atoms with van der Waals surface area (Å²) in [5.41, 5.74) is 1.62. The van der Waals surface area contributed by atoms with Crippen LogP contribution in [0.25, 0.3) is 9.65 Å². The molecule has 0 amide bonds. The van der Waals surface area contributed by atoms with Crippen LogP contribution < -0.4 is 5.32 Å². The molecule has 1 atom stereocenters. The van der Waals surface area contributed by atoms with E-state index in [1.807, 2.05) is 0 Å². The standard InChI is InChI=1S/C12H13NSe/c1-2-4-12-10(3-1)11(8-14-12)9-5-6-13-7-9/h1-4,8-9,13H,5-7H2/t9-/m0/s1. The van der Waals surface area contributed by atoms with Crippen LogP contribution in [-0.4, -0.2) is 27.6 Å². The molecule has 3 rings (SSSR count). The molecule has 1 N–H and O–H groups in total. The van der Waals surface area contributed by atoms with Crippen molar-refractivity contribution in [2.75, 3.05) is 13.1 Å². The zero-order valence-corrected chi connectivity index (χ0v) is 9.71. The second-order valence-electron chi connectivity index (χ2n) is 3.88. The summed E-state index contributed by atoms with van der Waals surface area (Å²) in [7, 11) is 0. The third-order valence-electron chi connectivity index (χ3n) is 3.01. The summed E-state index contributed by atoms with van der Waals surface area (Å²) in [6.45, 7) is 2.37. The van der Waals surface area contributed by atoms with Crippen LogP contribution in [-0.2, 0) is 0 Å². The number of fused-ring (bicyclic) bond motifs is 1. The molecular formula is C12H13NSe. The van der Waals surface area contributed by atoms with Gasteiger partial charge in [-0.15, -0.1) is 0 Å². The summed E-state index contributed by atoms with van der Waals surface area (Å²) in [5.74, 6) is 0.778. The van der Waals surface area contributed by atoms with Gasteiger partial charge >= 0.3 is 89.7 Å². The molecule has 1 aromatic heterocycles. The Labute approximate surface area is 89.9 Å². The van der Waals surface area contributed by atoms with Crippen LogP contribution in [0.3, 0.4) is 0 Å². The van der Waals surface area contributed by atoms with Crippen molar-refractivity contribution in [2.45, 2.75) is 12.3 Å². The molecule has 2 aromatic rings. The van der Waals surface area contributed by atoms with Crippen LogP contribution in [0.15, 0.2) is 29.2 Å².